The second-order valence-electron chi connectivity index (χ2n) is 4.37. The van der Waals surface area contributed by atoms with Crippen LogP contribution >= 0.6 is 0 Å². The van der Waals surface area contributed by atoms with Crippen LogP contribution in [0, 0.1) is 0 Å². The van der Waals surface area contributed by atoms with Crippen LogP contribution in [0.5, 0.6) is 0 Å². The molecule has 0 aliphatic heterocycles. The highest BCUT2D eigenvalue weighted by atomic mass is 15.3. The maximum absolute atomic E-state index is 4.44. The first kappa shape index (κ1) is 10.8. The van der Waals surface area contributed by atoms with Gasteiger partial charge in [-0.2, -0.15) is 10.2 Å². The molecule has 6 heteroatoms. The molecular weight excluding hydrogens is 228 g/mol. The van der Waals surface area contributed by atoms with E-state index in [1.807, 2.05) is 29.2 Å². The fourth-order valence-corrected chi connectivity index (χ4v) is 1.72. The number of aromatic nitrogens is 5. The first-order valence-corrected chi connectivity index (χ1v) is 5.84. The highest BCUT2D eigenvalue weighted by Crippen LogP contribution is 2.15. The zero-order valence-corrected chi connectivity index (χ0v) is 10.3. The van der Waals surface area contributed by atoms with E-state index >= 15 is 0 Å². The zero-order chi connectivity index (χ0) is 12.5. The lowest BCUT2D eigenvalue weighted by atomic mass is 10.4. The molecule has 0 unspecified atom stereocenters. The van der Waals surface area contributed by atoms with E-state index in [-0.39, 0.29) is 0 Å². The largest absolute Gasteiger partial charge is 0.338 e. The normalized spacial score (nSPS) is 11.3. The van der Waals surface area contributed by atoms with Crippen LogP contribution in [0.3, 0.4) is 0 Å². The number of rotatable bonds is 3. The van der Waals surface area contributed by atoms with Gasteiger partial charge in [0, 0.05) is 24.5 Å². The van der Waals surface area contributed by atoms with Crippen molar-refractivity contribution in [2.75, 3.05) is 5.32 Å². The minimum absolute atomic E-state index is 0.353. The fraction of sp³-hybridized carbons (Fsp3) is 0.250. The van der Waals surface area contributed by atoms with Gasteiger partial charge in [0.2, 0.25) is 0 Å². The molecule has 6 nitrogen and oxygen atoms in total. The molecule has 0 radical (unpaired) electrons. The third-order valence-corrected chi connectivity index (χ3v) is 2.66. The minimum atomic E-state index is 0.353. The van der Waals surface area contributed by atoms with Crippen LogP contribution in [-0.2, 0) is 0 Å². The summed E-state index contributed by atoms with van der Waals surface area (Å²) in [6.07, 6.45) is 7.36. The molecule has 1 N–H and O–H groups in total. The quantitative estimate of drug-likeness (QED) is 0.765. The molecule has 0 aliphatic carbocycles. The molecule has 18 heavy (non-hydrogen) atoms. The van der Waals surface area contributed by atoms with Gasteiger partial charge in [-0.05, 0) is 19.9 Å². The number of fused-ring (bicyclic) bond motifs is 1. The average molecular weight is 242 g/mol. The number of nitrogens with zero attached hydrogens (tertiary/aromatic N) is 5. The second kappa shape index (κ2) is 4.14. The summed E-state index contributed by atoms with van der Waals surface area (Å²) in [6, 6.07) is 4.10. The van der Waals surface area contributed by atoms with E-state index < -0.39 is 0 Å². The van der Waals surface area contributed by atoms with Crippen molar-refractivity contribution in [1.82, 2.24) is 24.4 Å². The molecule has 92 valence electrons. The van der Waals surface area contributed by atoms with E-state index in [0.717, 1.165) is 17.2 Å². The van der Waals surface area contributed by atoms with E-state index in [2.05, 4.69) is 34.3 Å². The molecule has 3 aromatic heterocycles. The Morgan fingerprint density at radius 1 is 1.22 bits per heavy atom. The summed E-state index contributed by atoms with van der Waals surface area (Å²) < 4.78 is 3.63. The molecule has 3 rings (SSSR count). The van der Waals surface area contributed by atoms with Crippen molar-refractivity contribution in [1.29, 1.82) is 0 Å². The predicted molar refractivity (Wildman–Crippen MR) is 68.9 cm³/mol. The third-order valence-electron chi connectivity index (χ3n) is 2.66. The van der Waals surface area contributed by atoms with Gasteiger partial charge in [0.05, 0.1) is 18.1 Å². The van der Waals surface area contributed by atoms with E-state index in [4.69, 9.17) is 0 Å². The SMILES string of the molecule is CC(C)n1cc(Nc2ccn3nccc3n2)cn1. The van der Waals surface area contributed by atoms with Gasteiger partial charge < -0.3 is 5.32 Å². The lowest BCUT2D eigenvalue weighted by Gasteiger charge is -2.04. The Labute approximate surface area is 104 Å². The van der Waals surface area contributed by atoms with Crippen LogP contribution in [0.4, 0.5) is 11.5 Å². The van der Waals surface area contributed by atoms with Crippen molar-refractivity contribution >= 4 is 17.2 Å². The zero-order valence-electron chi connectivity index (χ0n) is 10.3. The Kier molecular flexibility index (Phi) is 2.47. The van der Waals surface area contributed by atoms with Crippen molar-refractivity contribution < 1.29 is 0 Å². The smallest absolute Gasteiger partial charge is 0.157 e. The van der Waals surface area contributed by atoms with Crippen LogP contribution < -0.4 is 5.32 Å². The summed E-state index contributed by atoms with van der Waals surface area (Å²) in [5, 5.41) is 11.6. The summed E-state index contributed by atoms with van der Waals surface area (Å²) in [7, 11) is 0. The van der Waals surface area contributed by atoms with Crippen molar-refractivity contribution in [2.45, 2.75) is 19.9 Å². The molecule has 0 bridgehead atoms. The van der Waals surface area contributed by atoms with Gasteiger partial charge in [-0.25, -0.2) is 9.50 Å². The Bertz CT molecular complexity index is 666. The van der Waals surface area contributed by atoms with Gasteiger partial charge in [0.15, 0.2) is 5.65 Å². The topological polar surface area (TPSA) is 60.0 Å². The number of anilines is 2. The second-order valence-corrected chi connectivity index (χ2v) is 4.37. The van der Waals surface area contributed by atoms with E-state index in [0.29, 0.717) is 6.04 Å². The molecule has 0 aliphatic rings. The average Bonchev–Trinajstić information content (AvgIpc) is 2.96. The minimum Gasteiger partial charge on any atom is -0.338 e. The van der Waals surface area contributed by atoms with Crippen molar-refractivity contribution in [3.05, 3.63) is 36.9 Å². The number of hydrogen-bond acceptors (Lipinski definition) is 4. The van der Waals surface area contributed by atoms with Gasteiger partial charge in [-0.3, -0.25) is 4.68 Å². The van der Waals surface area contributed by atoms with E-state index in [1.54, 1.807) is 16.9 Å². The molecule has 3 heterocycles. The first-order valence-electron chi connectivity index (χ1n) is 5.84. The van der Waals surface area contributed by atoms with Crippen molar-refractivity contribution in [2.24, 2.45) is 0 Å². The van der Waals surface area contributed by atoms with E-state index in [1.165, 1.54) is 0 Å². The van der Waals surface area contributed by atoms with Gasteiger partial charge in [-0.15, -0.1) is 0 Å². The molecule has 0 amide bonds. The Hall–Kier alpha value is -2.37. The summed E-state index contributed by atoms with van der Waals surface area (Å²) >= 11 is 0. The number of hydrogen-bond donors (Lipinski definition) is 1. The van der Waals surface area contributed by atoms with Crippen LogP contribution in [-0.4, -0.2) is 24.4 Å². The summed E-state index contributed by atoms with van der Waals surface area (Å²) in [5.41, 5.74) is 1.75. The highest BCUT2D eigenvalue weighted by molar-refractivity contribution is 5.56. The highest BCUT2D eigenvalue weighted by Gasteiger charge is 2.03. The van der Waals surface area contributed by atoms with Crippen molar-refractivity contribution in [3.63, 3.8) is 0 Å². The molecule has 0 aromatic carbocycles. The van der Waals surface area contributed by atoms with Gasteiger partial charge in [0.25, 0.3) is 0 Å². The van der Waals surface area contributed by atoms with E-state index in [9.17, 15) is 0 Å². The van der Waals surface area contributed by atoms with Crippen molar-refractivity contribution in [3.8, 4) is 0 Å². The molecular formula is C12H14N6. The third kappa shape index (κ3) is 1.92. The molecule has 0 saturated carbocycles. The van der Waals surface area contributed by atoms with Gasteiger partial charge in [0.1, 0.15) is 5.82 Å². The lowest BCUT2D eigenvalue weighted by molar-refractivity contribution is 0.532. The van der Waals surface area contributed by atoms with Crippen LogP contribution in [0.25, 0.3) is 5.65 Å². The summed E-state index contributed by atoms with van der Waals surface area (Å²) in [4.78, 5) is 4.44. The molecule has 0 saturated heterocycles. The van der Waals surface area contributed by atoms with Crippen LogP contribution in [0.2, 0.25) is 0 Å². The Morgan fingerprint density at radius 2 is 2.11 bits per heavy atom. The Balaban J connectivity index is 1.86. The summed E-state index contributed by atoms with van der Waals surface area (Å²) in [6.45, 7) is 4.18. The van der Waals surface area contributed by atoms with Crippen LogP contribution in [0.15, 0.2) is 36.9 Å². The standard InChI is InChI=1S/C12H14N6/c1-9(2)18-8-10(7-14-18)15-11-4-6-17-12(16-11)3-5-13-17/h3-9H,1-2H3,(H,15,16). The first-order chi connectivity index (χ1) is 8.72. The molecule has 0 fully saturated rings. The monoisotopic (exact) mass is 242 g/mol. The maximum atomic E-state index is 4.44. The molecule has 0 atom stereocenters. The predicted octanol–water partition coefficient (Wildman–Crippen LogP) is 2.25. The molecule has 0 spiro atoms. The number of nitrogens with one attached hydrogen (secondary N) is 1. The molecule has 3 aromatic rings. The van der Waals surface area contributed by atoms with Gasteiger partial charge >= 0.3 is 0 Å². The van der Waals surface area contributed by atoms with Gasteiger partial charge in [-0.1, -0.05) is 0 Å². The Morgan fingerprint density at radius 3 is 2.89 bits per heavy atom. The van der Waals surface area contributed by atoms with Crippen LogP contribution in [0.1, 0.15) is 19.9 Å². The fourth-order valence-electron chi connectivity index (χ4n) is 1.72. The summed E-state index contributed by atoms with van der Waals surface area (Å²) in [5.74, 6) is 0.784. The maximum Gasteiger partial charge on any atom is 0.157 e. The lowest BCUT2D eigenvalue weighted by Crippen LogP contribution is -2.00.